The molecule has 27 N–H and O–H groups in total. The number of thioether (sulfide) groups is 1. The summed E-state index contributed by atoms with van der Waals surface area (Å²) in [6.07, 6.45) is -28.1. The van der Waals surface area contributed by atoms with Gasteiger partial charge in [0.1, 0.15) is 85.5 Å². The number of anilines is 1. The maximum absolute atomic E-state index is 14.5. The predicted octanol–water partition coefficient (Wildman–Crippen LogP) is -10.2. The summed E-state index contributed by atoms with van der Waals surface area (Å²) in [4.78, 5) is 232. The van der Waals surface area contributed by atoms with E-state index in [9.17, 15) is 143 Å². The Hall–Kier alpha value is -9.46. The molecule has 2 rings (SSSR count). The number of aliphatic hydroxyl groups is 15. The van der Waals surface area contributed by atoms with Crippen LogP contribution < -0.4 is 53.6 Å². The number of carbonyl (C=O) groups excluding carboxylic acids is 18. The summed E-state index contributed by atoms with van der Waals surface area (Å²) in [5, 5.41) is 179. The molecule has 1 fully saturated rings. The van der Waals surface area contributed by atoms with Gasteiger partial charge in [0.25, 0.3) is 6.47 Å². The van der Waals surface area contributed by atoms with E-state index in [-0.39, 0.29) is 63.9 Å². The first-order chi connectivity index (χ1) is 57.4. The first-order valence-electron chi connectivity index (χ1n) is 38.9. The normalized spacial score (nSPS) is 18.0. The second-order valence-electron chi connectivity index (χ2n) is 28.9. The monoisotopic (exact) mass is 1770 g/mol. The first kappa shape index (κ1) is 113. The van der Waals surface area contributed by atoms with Gasteiger partial charge < -0.3 is 140 Å². The molecule has 0 radical (unpaired) electrons. The summed E-state index contributed by atoms with van der Waals surface area (Å²) >= 11 is 0.734. The Morgan fingerprint density at radius 3 is 1.31 bits per heavy atom. The SMILES string of the molecule is CC[C@@H](NC(=O)[C@H](CCC(=O)NC[C@H](O)[C@@H](O)[C@H](O)[C@H](O)CO)CC(=O)[C@@H](CC)NC(=O)[C@@H](N)CCC(=O)NC[C@H](O)[C@@H](O)[C@H](O)[C@H](O)CO)C(=O)C[C@@H](CCC(=O)NC[C@H](O)[C@@H](O)[C@H](O)[C@H](O)CO)C(=O)N[C@H](CSC1CC(=O)C(CCCCCC(=O)N[C@H](C(=O)N[C@@H](C)C(=O)Nc2ccc(COC=O)cc2)C(C)C)C1=O)C(=O)O.O=C=O.O=C=O. The minimum atomic E-state index is -2.12. The highest BCUT2D eigenvalue weighted by atomic mass is 32.2. The molecule has 1 aliphatic carbocycles. The third-order valence-electron chi connectivity index (χ3n) is 19.3. The number of unbranched alkanes of at least 4 members (excludes halogenated alkanes) is 2. The largest absolute Gasteiger partial charge is 0.480 e. The van der Waals surface area contributed by atoms with Gasteiger partial charge >= 0.3 is 18.3 Å². The van der Waals surface area contributed by atoms with Crippen molar-refractivity contribution in [3.05, 3.63) is 29.8 Å². The van der Waals surface area contributed by atoms with Gasteiger partial charge in [-0.2, -0.15) is 19.2 Å². The number of Topliss-reactive ketones (excluding diaryl/α,β-unsaturated/α-hetero) is 4. The first-order valence-corrected chi connectivity index (χ1v) is 40.0. The number of carbonyl (C=O) groups is 15. The van der Waals surface area contributed by atoms with Crippen molar-refractivity contribution in [3.63, 3.8) is 0 Å². The number of benzene rings is 1. The van der Waals surface area contributed by atoms with E-state index in [2.05, 4.69) is 47.9 Å². The van der Waals surface area contributed by atoms with Crippen LogP contribution in [0.15, 0.2) is 24.3 Å². The van der Waals surface area contributed by atoms with Crippen LogP contribution in [0.5, 0.6) is 0 Å². The maximum atomic E-state index is 14.5. The van der Waals surface area contributed by atoms with Gasteiger partial charge in [0.15, 0.2) is 17.3 Å². The van der Waals surface area contributed by atoms with Crippen molar-refractivity contribution in [1.82, 2.24) is 42.5 Å². The van der Waals surface area contributed by atoms with Crippen molar-refractivity contribution in [2.24, 2.45) is 29.4 Å². The Morgan fingerprint density at radius 1 is 0.516 bits per heavy atom. The van der Waals surface area contributed by atoms with Crippen molar-refractivity contribution in [2.75, 3.05) is 50.5 Å². The lowest BCUT2D eigenvalue weighted by molar-refractivity contribution is -0.193. The topological polar surface area (TPSA) is 792 Å². The number of aliphatic carboxylic acids is 1. The van der Waals surface area contributed by atoms with Crippen molar-refractivity contribution < 1.29 is 178 Å². The minimum absolute atomic E-state index is 0.0323. The molecule has 122 heavy (non-hydrogen) atoms. The number of rotatable bonds is 60. The van der Waals surface area contributed by atoms with Gasteiger partial charge in [-0.05, 0) is 75.5 Å². The van der Waals surface area contributed by atoms with E-state index in [4.69, 9.17) is 39.9 Å². The molecule has 9 amide bonds. The van der Waals surface area contributed by atoms with Gasteiger partial charge in [0.2, 0.25) is 53.2 Å². The van der Waals surface area contributed by atoms with Crippen LogP contribution in [-0.2, 0) is 102 Å². The average molecular weight is 1770 g/mol. The summed E-state index contributed by atoms with van der Waals surface area (Å²) in [5.74, 6) is -17.4. The maximum Gasteiger partial charge on any atom is 0.373 e. The summed E-state index contributed by atoms with van der Waals surface area (Å²) in [7, 11) is 0. The fourth-order valence-electron chi connectivity index (χ4n) is 11.8. The molecule has 0 spiro atoms. The molecule has 690 valence electrons. The number of hydrogen-bond acceptors (Lipinski definition) is 37. The number of hydrogen-bond donors (Lipinski definition) is 26. The zero-order chi connectivity index (χ0) is 93.2. The van der Waals surface area contributed by atoms with E-state index in [1.165, 1.54) is 20.8 Å². The van der Waals surface area contributed by atoms with E-state index < -0.39 is 311 Å². The van der Waals surface area contributed by atoms with E-state index >= 15 is 0 Å². The standard InChI is InChI=1S/C73H118N10O32S.2CO2/c1-6-43(80-69(109)38(15-20-56(97)75-26-49(91)62(102)65(105)52(94)29-84)23-48(90)44(7-2)81-71(111)42(74)19-22-58(99)77-28-51(93)64(104)67(107)54(96)31-86)47(89)24-39(16-21-57(98)76-27-50(92)63(103)66(106)53(95)30-85)70(110)82-45(73(113)114)33-116-55-25-46(88)41(61(55)101)11-9-8-10-12-59(100)83-60(35(3)4)72(112)78-36(5)68(108)79-40-17-13-37(14-18-40)32-115-34-87;2*2-1-3/h13-14,17-18,34-36,38-39,41-45,49-55,60,62-67,84-86,91-96,102-107H,6-12,15-16,19-33,74H2,1-5H3,(H,75,97)(H,76,98)(H,77,99)(H,78,112)(H,79,108)(H,80,109)(H,81,111)(H,82,110)(H,83,100)(H,113,114);;/t36-,38+,39+,41?,42-,43+,44+,45+,49-,50-,51-,52+,53+,54+,55?,60-,62+,63+,64+,65+,66+,67+;;/m0../s1. The molecule has 1 aromatic rings. The van der Waals surface area contributed by atoms with Crippen LogP contribution in [0.25, 0.3) is 0 Å². The van der Waals surface area contributed by atoms with Gasteiger partial charge in [-0.15, -0.1) is 11.8 Å². The van der Waals surface area contributed by atoms with E-state index in [1.807, 2.05) is 0 Å². The lowest BCUT2D eigenvalue weighted by atomic mass is 9.90. The molecule has 0 saturated heterocycles. The molecule has 0 heterocycles. The summed E-state index contributed by atoms with van der Waals surface area (Å²) in [5.41, 5.74) is 7.13. The Kier molecular flexibility index (Phi) is 56.2. The molecule has 0 bridgehead atoms. The Balaban J connectivity index is 0.0000236. The van der Waals surface area contributed by atoms with Crippen molar-refractivity contribution >= 4 is 118 Å². The Morgan fingerprint density at radius 2 is 0.918 bits per heavy atom. The van der Waals surface area contributed by atoms with Gasteiger partial charge in [-0.1, -0.05) is 52.7 Å². The third kappa shape index (κ3) is 42.1. The highest BCUT2D eigenvalue weighted by Crippen LogP contribution is 2.33. The lowest BCUT2D eigenvalue weighted by Gasteiger charge is -2.26. The van der Waals surface area contributed by atoms with E-state index in [0.717, 1.165) is 11.8 Å². The minimum Gasteiger partial charge on any atom is -0.480 e. The second kappa shape index (κ2) is 60.9. The molecule has 0 aliphatic heterocycles. The Labute approximate surface area is 704 Å². The summed E-state index contributed by atoms with van der Waals surface area (Å²) in [6, 6.07) is -1.96. The fourth-order valence-corrected chi connectivity index (χ4v) is 13.0. The van der Waals surface area contributed by atoms with Crippen LogP contribution >= 0.6 is 11.8 Å². The quantitative estimate of drug-likeness (QED) is 0.0164. The highest BCUT2D eigenvalue weighted by Gasteiger charge is 2.43. The third-order valence-corrected chi connectivity index (χ3v) is 20.6. The smallest absolute Gasteiger partial charge is 0.373 e. The number of ether oxygens (including phenoxy) is 1. The van der Waals surface area contributed by atoms with Gasteiger partial charge in [-0.3, -0.25) is 67.1 Å². The molecular formula is C75H118N10O36S. The molecule has 0 aromatic heterocycles. The van der Waals surface area contributed by atoms with Crippen molar-refractivity contribution in [1.29, 1.82) is 0 Å². The van der Waals surface area contributed by atoms with Crippen molar-refractivity contribution in [2.45, 2.75) is 259 Å². The average Bonchev–Trinajstić information content (AvgIpc) is 1.67. The number of carboxylic acid groups (broad SMARTS) is 1. The van der Waals surface area contributed by atoms with Gasteiger partial charge in [-0.25, -0.2) is 4.79 Å². The van der Waals surface area contributed by atoms with Crippen LogP contribution in [0.4, 0.5) is 5.69 Å². The number of ketones is 4. The van der Waals surface area contributed by atoms with Crippen molar-refractivity contribution in [3.8, 4) is 0 Å². The number of nitrogens with one attached hydrogen (secondary N) is 9. The summed E-state index contributed by atoms with van der Waals surface area (Å²) < 4.78 is 4.71. The number of carboxylic acids is 1. The predicted molar refractivity (Wildman–Crippen MR) is 416 cm³/mol. The number of aliphatic hydroxyl groups excluding tert-OH is 15. The molecular weight excluding hydrogens is 1650 g/mol. The van der Waals surface area contributed by atoms with Crippen LogP contribution in [0.3, 0.4) is 0 Å². The summed E-state index contributed by atoms with van der Waals surface area (Å²) in [6.45, 7) is 2.77. The number of amides is 9. The number of nitrogens with two attached hydrogens (primary N) is 1. The molecule has 22 atom stereocenters. The van der Waals surface area contributed by atoms with E-state index in [0.29, 0.717) is 30.6 Å². The zero-order valence-electron chi connectivity index (χ0n) is 67.9. The van der Waals surface area contributed by atoms with Crippen LogP contribution in [-0.4, -0.2) is 343 Å². The molecule has 46 nitrogen and oxygen atoms in total. The zero-order valence-corrected chi connectivity index (χ0v) is 68.8. The lowest BCUT2D eigenvalue weighted by Crippen LogP contribution is -2.53. The molecule has 2 unspecified atom stereocenters. The Bertz CT molecular complexity index is 3550. The molecule has 1 saturated carbocycles. The molecule has 47 heteroatoms. The van der Waals surface area contributed by atoms with Crippen LogP contribution in [0.2, 0.25) is 0 Å². The highest BCUT2D eigenvalue weighted by molar-refractivity contribution is 8.00. The molecule has 1 aromatic carbocycles. The molecule has 1 aliphatic rings. The van der Waals surface area contributed by atoms with Crippen LogP contribution in [0, 0.1) is 23.7 Å². The van der Waals surface area contributed by atoms with Gasteiger partial charge in [0.05, 0.1) is 67.4 Å². The fraction of sp³-hybridized carbons (Fsp3) is 0.693. The van der Waals surface area contributed by atoms with Crippen LogP contribution in [0.1, 0.15) is 143 Å². The van der Waals surface area contributed by atoms with E-state index in [1.54, 1.807) is 38.1 Å². The van der Waals surface area contributed by atoms with Gasteiger partial charge in [0, 0.05) is 87.9 Å². The second-order valence-corrected chi connectivity index (χ2v) is 30.2.